The Kier molecular flexibility index (Phi) is 4.69. The molecule has 1 aromatic carbocycles. The summed E-state index contributed by atoms with van der Waals surface area (Å²) >= 11 is 11.9. The Labute approximate surface area is 147 Å². The summed E-state index contributed by atoms with van der Waals surface area (Å²) in [6, 6.07) is 10.0. The number of rotatable bonds is 4. The van der Waals surface area contributed by atoms with Gasteiger partial charge in [-0.2, -0.15) is 0 Å². The molecule has 6 nitrogen and oxygen atoms in total. The number of carbonyl (C=O) groups excluding carboxylic acids is 1. The molecule has 122 valence electrons. The lowest BCUT2D eigenvalue weighted by molar-refractivity contribution is 0.102. The number of benzene rings is 1. The fourth-order valence-electron chi connectivity index (χ4n) is 2.03. The highest BCUT2D eigenvalue weighted by atomic mass is 35.5. The van der Waals surface area contributed by atoms with Crippen molar-refractivity contribution in [3.8, 4) is 0 Å². The SMILES string of the molecule is Cc1cc(NC(=O)c2cc(Nc3cc(Cl)cc(Cl)c3)ccn2)no1. The van der Waals surface area contributed by atoms with E-state index in [1.165, 1.54) is 6.20 Å². The average Bonchev–Trinajstić information content (AvgIpc) is 2.91. The van der Waals surface area contributed by atoms with Crippen LogP contribution in [0.4, 0.5) is 17.2 Å². The lowest BCUT2D eigenvalue weighted by Gasteiger charge is -2.08. The Morgan fingerprint density at radius 3 is 2.50 bits per heavy atom. The van der Waals surface area contributed by atoms with Gasteiger partial charge in [0.15, 0.2) is 5.82 Å². The van der Waals surface area contributed by atoms with Crippen LogP contribution < -0.4 is 10.6 Å². The lowest BCUT2D eigenvalue weighted by atomic mass is 10.2. The predicted octanol–water partition coefficient (Wildman–Crippen LogP) is 4.68. The van der Waals surface area contributed by atoms with Gasteiger partial charge in [-0.15, -0.1) is 0 Å². The minimum Gasteiger partial charge on any atom is -0.360 e. The molecule has 24 heavy (non-hydrogen) atoms. The van der Waals surface area contributed by atoms with Gasteiger partial charge in [-0.05, 0) is 37.3 Å². The largest absolute Gasteiger partial charge is 0.360 e. The second-order valence-electron chi connectivity index (χ2n) is 4.99. The molecule has 1 amide bonds. The van der Waals surface area contributed by atoms with E-state index in [2.05, 4.69) is 20.8 Å². The monoisotopic (exact) mass is 362 g/mol. The van der Waals surface area contributed by atoms with Gasteiger partial charge in [-0.1, -0.05) is 28.4 Å². The topological polar surface area (TPSA) is 80.0 Å². The molecular weight excluding hydrogens is 351 g/mol. The van der Waals surface area contributed by atoms with Crippen LogP contribution in [0.15, 0.2) is 47.1 Å². The third-order valence-corrected chi connectivity index (χ3v) is 3.45. The van der Waals surface area contributed by atoms with E-state index in [9.17, 15) is 4.79 Å². The van der Waals surface area contributed by atoms with E-state index in [-0.39, 0.29) is 5.69 Å². The number of carbonyl (C=O) groups is 1. The molecule has 0 radical (unpaired) electrons. The van der Waals surface area contributed by atoms with Crippen LogP contribution in [0.5, 0.6) is 0 Å². The van der Waals surface area contributed by atoms with Gasteiger partial charge < -0.3 is 15.2 Å². The molecule has 2 aromatic heterocycles. The first kappa shape index (κ1) is 16.3. The summed E-state index contributed by atoms with van der Waals surface area (Å²) in [6.07, 6.45) is 1.53. The Morgan fingerprint density at radius 2 is 1.83 bits per heavy atom. The van der Waals surface area contributed by atoms with Crippen LogP contribution in [-0.4, -0.2) is 16.0 Å². The lowest BCUT2D eigenvalue weighted by Crippen LogP contribution is -2.14. The maximum absolute atomic E-state index is 12.2. The molecule has 3 rings (SSSR count). The van der Waals surface area contributed by atoms with Gasteiger partial charge in [0.05, 0.1) is 0 Å². The van der Waals surface area contributed by atoms with Gasteiger partial charge in [0, 0.05) is 33.7 Å². The van der Waals surface area contributed by atoms with Gasteiger partial charge >= 0.3 is 0 Å². The van der Waals surface area contributed by atoms with E-state index in [4.69, 9.17) is 27.7 Å². The van der Waals surface area contributed by atoms with E-state index >= 15 is 0 Å². The van der Waals surface area contributed by atoms with Crippen molar-refractivity contribution in [1.82, 2.24) is 10.1 Å². The third-order valence-electron chi connectivity index (χ3n) is 3.01. The number of nitrogens with one attached hydrogen (secondary N) is 2. The molecule has 0 fully saturated rings. The zero-order valence-electron chi connectivity index (χ0n) is 12.5. The van der Waals surface area contributed by atoms with Crippen molar-refractivity contribution in [3.05, 3.63) is 64.1 Å². The molecule has 0 unspecified atom stereocenters. The molecule has 2 heterocycles. The second kappa shape index (κ2) is 6.90. The highest BCUT2D eigenvalue weighted by Crippen LogP contribution is 2.25. The standard InChI is InChI=1S/C16H12Cl2N4O2/c1-9-4-15(22-24-9)21-16(23)14-8-12(2-3-19-14)20-13-6-10(17)5-11(18)7-13/h2-8H,1H3,(H,19,20)(H,21,22,23). The van der Waals surface area contributed by atoms with Crippen LogP contribution in [0.25, 0.3) is 0 Å². The van der Waals surface area contributed by atoms with Gasteiger partial charge in [0.25, 0.3) is 5.91 Å². The first-order valence-corrected chi connectivity index (χ1v) is 7.69. The van der Waals surface area contributed by atoms with Crippen molar-refractivity contribution >= 4 is 46.3 Å². The van der Waals surface area contributed by atoms with Crippen LogP contribution in [-0.2, 0) is 0 Å². The maximum Gasteiger partial charge on any atom is 0.275 e. The molecule has 0 atom stereocenters. The van der Waals surface area contributed by atoms with E-state index in [0.717, 1.165) is 0 Å². The van der Waals surface area contributed by atoms with E-state index in [1.807, 2.05) is 0 Å². The highest BCUT2D eigenvalue weighted by molar-refractivity contribution is 6.35. The van der Waals surface area contributed by atoms with Crippen LogP contribution in [0.1, 0.15) is 16.2 Å². The summed E-state index contributed by atoms with van der Waals surface area (Å²) in [5, 5.41) is 10.5. The normalized spacial score (nSPS) is 10.5. The molecule has 0 saturated carbocycles. The van der Waals surface area contributed by atoms with Crippen molar-refractivity contribution in [3.63, 3.8) is 0 Å². The zero-order chi connectivity index (χ0) is 17.1. The summed E-state index contributed by atoms with van der Waals surface area (Å²) in [6.45, 7) is 1.74. The minimum atomic E-state index is -0.393. The number of amides is 1. The van der Waals surface area contributed by atoms with Crippen LogP contribution in [0.3, 0.4) is 0 Å². The van der Waals surface area contributed by atoms with Crippen LogP contribution >= 0.6 is 23.2 Å². The minimum absolute atomic E-state index is 0.230. The van der Waals surface area contributed by atoms with Crippen LogP contribution in [0, 0.1) is 6.92 Å². The Morgan fingerprint density at radius 1 is 1.08 bits per heavy atom. The summed E-state index contributed by atoms with van der Waals surface area (Å²) in [5.74, 6) is 0.543. The fourth-order valence-corrected chi connectivity index (χ4v) is 2.56. The highest BCUT2D eigenvalue weighted by Gasteiger charge is 2.11. The Balaban J connectivity index is 1.77. The number of aromatic nitrogens is 2. The van der Waals surface area contributed by atoms with Crippen molar-refractivity contribution in [1.29, 1.82) is 0 Å². The summed E-state index contributed by atoms with van der Waals surface area (Å²) in [7, 11) is 0. The predicted molar refractivity (Wildman–Crippen MR) is 93.2 cm³/mol. The molecule has 0 aliphatic carbocycles. The maximum atomic E-state index is 12.2. The molecule has 0 aliphatic heterocycles. The van der Waals surface area contributed by atoms with Crippen molar-refractivity contribution in [2.75, 3.05) is 10.6 Å². The third kappa shape index (κ3) is 4.04. The second-order valence-corrected chi connectivity index (χ2v) is 5.86. The smallest absolute Gasteiger partial charge is 0.275 e. The Bertz CT molecular complexity index is 875. The Hall–Kier alpha value is -2.57. The molecule has 0 aliphatic rings. The summed E-state index contributed by atoms with van der Waals surface area (Å²) in [5.41, 5.74) is 1.61. The van der Waals surface area contributed by atoms with Gasteiger partial charge in [0.2, 0.25) is 0 Å². The fraction of sp³-hybridized carbons (Fsp3) is 0.0625. The molecular formula is C16H12Cl2N4O2. The number of hydrogen-bond donors (Lipinski definition) is 2. The molecule has 3 aromatic rings. The van der Waals surface area contributed by atoms with E-state index < -0.39 is 5.91 Å². The number of aryl methyl sites for hydroxylation is 1. The first-order chi connectivity index (χ1) is 11.5. The summed E-state index contributed by atoms with van der Waals surface area (Å²) in [4.78, 5) is 16.3. The average molecular weight is 363 g/mol. The van der Waals surface area contributed by atoms with Gasteiger partial charge in [-0.3, -0.25) is 9.78 Å². The van der Waals surface area contributed by atoms with E-state index in [1.54, 1.807) is 43.3 Å². The number of hydrogen-bond acceptors (Lipinski definition) is 5. The van der Waals surface area contributed by atoms with E-state index in [0.29, 0.717) is 33.0 Å². The number of anilines is 3. The first-order valence-electron chi connectivity index (χ1n) is 6.93. The number of halogens is 2. The van der Waals surface area contributed by atoms with Crippen molar-refractivity contribution in [2.24, 2.45) is 0 Å². The van der Waals surface area contributed by atoms with Gasteiger partial charge in [0.1, 0.15) is 11.5 Å². The molecule has 0 bridgehead atoms. The van der Waals surface area contributed by atoms with Crippen molar-refractivity contribution < 1.29 is 9.32 Å². The number of pyridine rings is 1. The molecule has 2 N–H and O–H groups in total. The quantitative estimate of drug-likeness (QED) is 0.704. The molecule has 0 saturated heterocycles. The molecule has 0 spiro atoms. The zero-order valence-corrected chi connectivity index (χ0v) is 14.0. The number of nitrogens with zero attached hydrogens (tertiary/aromatic N) is 2. The van der Waals surface area contributed by atoms with Gasteiger partial charge in [-0.25, -0.2) is 0 Å². The summed E-state index contributed by atoms with van der Waals surface area (Å²) < 4.78 is 4.90. The van der Waals surface area contributed by atoms with Crippen molar-refractivity contribution in [2.45, 2.75) is 6.92 Å². The van der Waals surface area contributed by atoms with Crippen LogP contribution in [0.2, 0.25) is 10.0 Å². The molecule has 8 heteroatoms.